The number of esters is 2. The van der Waals surface area contributed by atoms with Crippen LogP contribution in [0.25, 0.3) is 6.08 Å². The molecule has 0 spiro atoms. The van der Waals surface area contributed by atoms with Gasteiger partial charge in [0.05, 0.1) is 12.2 Å². The van der Waals surface area contributed by atoms with Gasteiger partial charge in [0.1, 0.15) is 12.2 Å². The molecule has 0 saturated heterocycles. The minimum absolute atomic E-state index is 0.0343. The zero-order chi connectivity index (χ0) is 28.9. The summed E-state index contributed by atoms with van der Waals surface area (Å²) in [6, 6.07) is 9.22. The van der Waals surface area contributed by atoms with Crippen molar-refractivity contribution in [1.82, 2.24) is 0 Å². The maximum atomic E-state index is 13.1. The van der Waals surface area contributed by atoms with Gasteiger partial charge < -0.3 is 24.8 Å². The van der Waals surface area contributed by atoms with Crippen LogP contribution in [0.3, 0.4) is 0 Å². The maximum Gasteiger partial charge on any atom is 0.331 e. The second kappa shape index (κ2) is 10.5. The van der Waals surface area contributed by atoms with E-state index >= 15 is 0 Å². The molecule has 8 heteroatoms. The molecule has 3 N–H and O–H groups in total. The summed E-state index contributed by atoms with van der Waals surface area (Å²) in [6.07, 6.45) is -3.27. The van der Waals surface area contributed by atoms with Crippen LogP contribution in [-0.2, 0) is 23.9 Å². The van der Waals surface area contributed by atoms with E-state index in [1.807, 2.05) is 44.2 Å². The number of aliphatic hydroxyl groups is 3. The number of ketones is 1. The van der Waals surface area contributed by atoms with Crippen LogP contribution in [0.4, 0.5) is 0 Å². The summed E-state index contributed by atoms with van der Waals surface area (Å²) < 4.78 is 11.4. The minimum Gasteiger partial charge on any atom is -0.455 e. The lowest BCUT2D eigenvalue weighted by Gasteiger charge is -2.59. The molecular weight excluding hydrogens is 500 g/mol. The fourth-order valence-corrected chi connectivity index (χ4v) is 7.00. The minimum atomic E-state index is -1.49. The summed E-state index contributed by atoms with van der Waals surface area (Å²) >= 11 is 0. The molecule has 0 aromatic heterocycles. The molecule has 3 aliphatic rings. The van der Waals surface area contributed by atoms with Crippen molar-refractivity contribution in [2.24, 2.45) is 22.7 Å². The Balaban J connectivity index is 1.75. The van der Waals surface area contributed by atoms with Crippen molar-refractivity contribution in [1.29, 1.82) is 0 Å². The number of ether oxygens (including phenoxy) is 2. The number of hydrogen-bond acceptors (Lipinski definition) is 8. The van der Waals surface area contributed by atoms with Crippen molar-refractivity contribution in [3.63, 3.8) is 0 Å². The molecule has 39 heavy (non-hydrogen) atoms. The Labute approximate surface area is 229 Å². The Bertz CT molecular complexity index is 1230. The second-order valence-corrected chi connectivity index (χ2v) is 11.8. The number of allylic oxidation sites excluding steroid dienone is 1. The number of carbonyl (C=O) groups excluding carboxylic acids is 3. The molecule has 8 nitrogen and oxygen atoms in total. The third kappa shape index (κ3) is 4.90. The van der Waals surface area contributed by atoms with E-state index in [0.717, 1.165) is 5.56 Å². The summed E-state index contributed by atoms with van der Waals surface area (Å²) in [6.45, 7) is 12.4. The van der Waals surface area contributed by atoms with Crippen molar-refractivity contribution < 1.29 is 39.2 Å². The van der Waals surface area contributed by atoms with Gasteiger partial charge in [-0.05, 0) is 40.7 Å². The Morgan fingerprint density at radius 3 is 2.33 bits per heavy atom. The number of aliphatic hydroxyl groups excluding tert-OH is 3. The first-order chi connectivity index (χ1) is 18.2. The quantitative estimate of drug-likeness (QED) is 0.303. The lowest BCUT2D eigenvalue weighted by atomic mass is 9.49. The highest BCUT2D eigenvalue weighted by Gasteiger charge is 2.64. The fraction of sp³-hybridized carbons (Fsp3) is 0.516. The summed E-state index contributed by atoms with van der Waals surface area (Å²) in [4.78, 5) is 38.0. The summed E-state index contributed by atoms with van der Waals surface area (Å²) in [5.41, 5.74) is -0.300. The van der Waals surface area contributed by atoms with E-state index in [0.29, 0.717) is 16.7 Å². The van der Waals surface area contributed by atoms with E-state index in [4.69, 9.17) is 9.47 Å². The summed E-state index contributed by atoms with van der Waals surface area (Å²) in [5.74, 6) is -3.10. The molecule has 2 fully saturated rings. The van der Waals surface area contributed by atoms with Crippen LogP contribution in [0, 0.1) is 22.7 Å². The van der Waals surface area contributed by atoms with Crippen LogP contribution in [0.5, 0.6) is 0 Å². The molecule has 2 bridgehead atoms. The monoisotopic (exact) mass is 538 g/mol. The van der Waals surface area contributed by atoms with E-state index in [2.05, 4.69) is 6.58 Å². The Kier molecular flexibility index (Phi) is 7.78. The Hall–Kier alpha value is -3.07. The van der Waals surface area contributed by atoms with Gasteiger partial charge in [-0.2, -0.15) is 0 Å². The molecule has 0 amide bonds. The Morgan fingerprint density at radius 1 is 1.08 bits per heavy atom. The van der Waals surface area contributed by atoms with Crippen molar-refractivity contribution in [2.45, 2.75) is 78.0 Å². The van der Waals surface area contributed by atoms with Crippen LogP contribution in [0.15, 0.2) is 59.7 Å². The van der Waals surface area contributed by atoms with E-state index in [1.54, 1.807) is 19.9 Å². The van der Waals surface area contributed by atoms with Crippen molar-refractivity contribution in [2.75, 3.05) is 0 Å². The zero-order valence-electron chi connectivity index (χ0n) is 23.1. The van der Waals surface area contributed by atoms with E-state index in [1.165, 1.54) is 13.0 Å². The number of rotatable bonds is 4. The topological polar surface area (TPSA) is 130 Å². The number of hydrogen-bond donors (Lipinski definition) is 3. The lowest BCUT2D eigenvalue weighted by molar-refractivity contribution is -0.205. The van der Waals surface area contributed by atoms with Gasteiger partial charge in [0.2, 0.25) is 0 Å². The molecule has 0 heterocycles. The van der Waals surface area contributed by atoms with Gasteiger partial charge in [-0.25, -0.2) is 4.79 Å². The second-order valence-electron chi connectivity index (χ2n) is 11.8. The summed E-state index contributed by atoms with van der Waals surface area (Å²) in [7, 11) is 0. The van der Waals surface area contributed by atoms with Crippen molar-refractivity contribution in [3.05, 3.63) is 65.3 Å². The Morgan fingerprint density at radius 2 is 1.72 bits per heavy atom. The van der Waals surface area contributed by atoms with Gasteiger partial charge in [0.25, 0.3) is 0 Å². The number of Topliss-reactive ketones (excluding diaryl/α,β-unsaturated/α-hetero) is 1. The van der Waals surface area contributed by atoms with Gasteiger partial charge >= 0.3 is 11.9 Å². The standard InChI is InChI=1S/C31H38O8/c1-16-21(33)14-20-27(36)25-17(2)22(39-24(35)13-12-19-10-8-7-9-11-19)15-23(34)31(25,6)29(37)28(38-18(3)32)26(16)30(20,4)5/h7-13,20,22-23,25,27-29,34,36-37H,2,14-15H2,1,3-6H3/b13-12-/t20-,22-,23-,25-,27-,28+,29-,31+/m0/s1. The molecule has 1 aromatic carbocycles. The van der Waals surface area contributed by atoms with Gasteiger partial charge in [-0.15, -0.1) is 0 Å². The molecule has 0 radical (unpaired) electrons. The van der Waals surface area contributed by atoms with Crippen LogP contribution >= 0.6 is 0 Å². The highest BCUT2D eigenvalue weighted by molar-refractivity contribution is 5.97. The first-order valence-electron chi connectivity index (χ1n) is 13.3. The molecule has 3 aliphatic carbocycles. The van der Waals surface area contributed by atoms with Crippen LogP contribution in [-0.4, -0.2) is 63.6 Å². The van der Waals surface area contributed by atoms with Gasteiger partial charge in [0, 0.05) is 43.1 Å². The number of fused-ring (bicyclic) bond motifs is 3. The molecule has 0 unspecified atom stereocenters. The lowest BCUT2D eigenvalue weighted by Crippen LogP contribution is -2.66. The van der Waals surface area contributed by atoms with E-state index < -0.39 is 65.1 Å². The smallest absolute Gasteiger partial charge is 0.331 e. The third-order valence-corrected chi connectivity index (χ3v) is 9.21. The van der Waals surface area contributed by atoms with Gasteiger partial charge in [-0.1, -0.05) is 57.7 Å². The molecule has 2 saturated carbocycles. The predicted molar refractivity (Wildman–Crippen MR) is 144 cm³/mol. The van der Waals surface area contributed by atoms with Crippen molar-refractivity contribution in [3.8, 4) is 0 Å². The average Bonchev–Trinajstić information content (AvgIpc) is 2.87. The molecule has 0 aliphatic heterocycles. The number of carbonyl (C=O) groups is 3. The average molecular weight is 539 g/mol. The fourth-order valence-electron chi connectivity index (χ4n) is 7.00. The van der Waals surface area contributed by atoms with Gasteiger partial charge in [-0.3, -0.25) is 9.59 Å². The van der Waals surface area contributed by atoms with E-state index in [-0.39, 0.29) is 18.6 Å². The molecular formula is C31H38O8. The van der Waals surface area contributed by atoms with Crippen molar-refractivity contribution >= 4 is 23.8 Å². The summed E-state index contributed by atoms with van der Waals surface area (Å²) in [5, 5.41) is 35.2. The molecule has 210 valence electrons. The normalized spacial score (nSPS) is 36.2. The van der Waals surface area contributed by atoms with Crippen LogP contribution < -0.4 is 0 Å². The third-order valence-electron chi connectivity index (χ3n) is 9.21. The highest BCUT2D eigenvalue weighted by atomic mass is 16.6. The largest absolute Gasteiger partial charge is 0.455 e. The molecule has 1 aromatic rings. The maximum absolute atomic E-state index is 13.1. The molecule has 8 atom stereocenters. The highest BCUT2D eigenvalue weighted by Crippen LogP contribution is 2.59. The predicted octanol–water partition coefficient (Wildman–Crippen LogP) is 3.15. The SMILES string of the molecule is C=C1[C@@H](OC(=O)/C=C\c2ccccc2)C[C@H](O)[C@@]2(C)[C@@H](O)[C@H](OC(C)=O)C3=C(C)C(=O)C[C@@H]([C@H](O)[C@H]12)C3(C)C. The van der Waals surface area contributed by atoms with Gasteiger partial charge in [0.15, 0.2) is 11.9 Å². The van der Waals surface area contributed by atoms with Crippen LogP contribution in [0.2, 0.25) is 0 Å². The van der Waals surface area contributed by atoms with E-state index in [9.17, 15) is 29.7 Å². The zero-order valence-corrected chi connectivity index (χ0v) is 23.1. The first kappa shape index (κ1) is 28.9. The number of benzene rings is 1. The van der Waals surface area contributed by atoms with Crippen LogP contribution in [0.1, 0.15) is 53.0 Å². The molecule has 4 rings (SSSR count). The first-order valence-corrected chi connectivity index (χ1v) is 13.3.